The monoisotopic (exact) mass is 624 g/mol. The Morgan fingerprint density at radius 2 is 1.15 bits per heavy atom. The van der Waals surface area contributed by atoms with E-state index in [4.69, 9.17) is 29.0 Å². The molecule has 0 radical (unpaired) electrons. The zero-order valence-electron chi connectivity index (χ0n) is 34.9. The van der Waals surface area contributed by atoms with Crippen LogP contribution in [0.4, 0.5) is 0 Å². The lowest BCUT2D eigenvalue weighted by molar-refractivity contribution is 0.666. The molecule has 0 aliphatic carbocycles. The number of hydrogen-bond acceptors (Lipinski definition) is 4. The minimum atomic E-state index is -0.584. The number of furan rings is 1. The Balaban J connectivity index is 1.38. The molecule has 3 heterocycles. The van der Waals surface area contributed by atoms with Crippen molar-refractivity contribution in [2.24, 2.45) is 0 Å². The fraction of sp³-hybridized carbons (Fsp3) is 0. The van der Waals surface area contributed by atoms with Crippen LogP contribution < -0.4 is 0 Å². The average molecular weight is 625 g/mol. The Hall–Kier alpha value is -6.59. The molecular formula is C43H26N4O. The molecule has 0 fully saturated rings. The van der Waals surface area contributed by atoms with Crippen molar-refractivity contribution in [2.75, 3.05) is 0 Å². The number of aromatic nitrogens is 4. The van der Waals surface area contributed by atoms with Crippen LogP contribution in [0.15, 0.2) is 162 Å². The van der Waals surface area contributed by atoms with Crippen LogP contribution in [-0.2, 0) is 0 Å². The Morgan fingerprint density at radius 1 is 0.521 bits per heavy atom. The summed E-state index contributed by atoms with van der Waals surface area (Å²) in [7, 11) is 0. The van der Waals surface area contributed by atoms with Crippen LogP contribution in [0.25, 0.3) is 94.4 Å². The van der Waals surface area contributed by atoms with Crippen LogP contribution in [0, 0.1) is 0 Å². The van der Waals surface area contributed by atoms with Gasteiger partial charge in [-0.2, -0.15) is 0 Å². The molecular weight excluding hydrogens is 589 g/mol. The molecule has 0 bridgehead atoms. The van der Waals surface area contributed by atoms with Crippen molar-refractivity contribution in [3.8, 4) is 39.9 Å². The molecule has 3 aromatic heterocycles. The Bertz CT molecular complexity index is 3350. The maximum atomic E-state index is 9.58. The number of para-hydroxylation sites is 2. The van der Waals surface area contributed by atoms with E-state index in [-0.39, 0.29) is 49.9 Å². The molecule has 7 aromatic carbocycles. The molecule has 5 nitrogen and oxygen atoms in total. The SMILES string of the molecule is [2H]c1c([2H])c([2H])c2c([2H])c3c(c([2H])c2c1[2H])c1c([2H])c([2H])c([2H])c([2H])c1n3-c1ccc(-c2nc(-c3ccccc3)nc(-c3ccccc3)n2)c2c1oc1ccccc12. The lowest BCUT2D eigenvalue weighted by Crippen LogP contribution is -2.01. The molecule has 10 rings (SSSR count). The molecule has 0 aliphatic rings. The summed E-state index contributed by atoms with van der Waals surface area (Å²) in [5.74, 6) is 1.20. The topological polar surface area (TPSA) is 56.7 Å². The third-order valence-electron chi connectivity index (χ3n) is 8.47. The van der Waals surface area contributed by atoms with Gasteiger partial charge in [-0.15, -0.1) is 0 Å². The third kappa shape index (κ3) is 4.08. The highest BCUT2D eigenvalue weighted by Crippen LogP contribution is 2.42. The predicted octanol–water partition coefficient (Wildman–Crippen LogP) is 11.0. The summed E-state index contributed by atoms with van der Waals surface area (Å²) in [6.45, 7) is 0. The van der Waals surface area contributed by atoms with Gasteiger partial charge in [0.15, 0.2) is 23.1 Å². The first-order valence-electron chi connectivity index (χ1n) is 20.2. The lowest BCUT2D eigenvalue weighted by Gasteiger charge is -2.12. The van der Waals surface area contributed by atoms with Gasteiger partial charge < -0.3 is 8.98 Å². The van der Waals surface area contributed by atoms with E-state index in [2.05, 4.69) is 0 Å². The number of hydrogen-bond donors (Lipinski definition) is 0. The maximum absolute atomic E-state index is 9.58. The van der Waals surface area contributed by atoms with Crippen LogP contribution in [0.1, 0.15) is 13.7 Å². The molecule has 0 saturated heterocycles. The first-order valence-corrected chi connectivity index (χ1v) is 15.2. The molecule has 48 heavy (non-hydrogen) atoms. The van der Waals surface area contributed by atoms with E-state index in [1.807, 2.05) is 78.9 Å². The normalized spacial score (nSPS) is 14.7. The molecule has 0 N–H and O–H groups in total. The van der Waals surface area contributed by atoms with Gasteiger partial charge in [-0.25, -0.2) is 15.0 Å². The van der Waals surface area contributed by atoms with Gasteiger partial charge in [-0.3, -0.25) is 0 Å². The van der Waals surface area contributed by atoms with Crippen molar-refractivity contribution < 1.29 is 18.1 Å². The fourth-order valence-electron chi connectivity index (χ4n) is 6.33. The number of nitrogens with zero attached hydrogens (tertiary/aromatic N) is 4. The van der Waals surface area contributed by atoms with E-state index >= 15 is 0 Å². The zero-order valence-corrected chi connectivity index (χ0v) is 24.9. The molecule has 10 aromatic rings. The molecule has 0 atom stereocenters. The molecule has 0 spiro atoms. The van der Waals surface area contributed by atoms with E-state index in [0.29, 0.717) is 39.4 Å². The lowest BCUT2D eigenvalue weighted by atomic mass is 10.0. The molecule has 0 aliphatic heterocycles. The number of fused-ring (bicyclic) bond motifs is 7. The summed E-state index contributed by atoms with van der Waals surface area (Å²) < 4.78 is 97.0. The second-order valence-corrected chi connectivity index (χ2v) is 11.3. The molecule has 224 valence electrons. The second kappa shape index (κ2) is 10.5. The summed E-state index contributed by atoms with van der Waals surface area (Å²) in [4.78, 5) is 14.8. The van der Waals surface area contributed by atoms with E-state index in [0.717, 1.165) is 11.1 Å². The highest BCUT2D eigenvalue weighted by Gasteiger charge is 2.23. The fourth-order valence-corrected chi connectivity index (χ4v) is 6.33. The highest BCUT2D eigenvalue weighted by atomic mass is 16.3. The zero-order chi connectivity index (χ0) is 40.3. The van der Waals surface area contributed by atoms with E-state index in [9.17, 15) is 4.11 Å². The minimum Gasteiger partial charge on any atom is -0.454 e. The van der Waals surface area contributed by atoms with Gasteiger partial charge in [0, 0.05) is 38.2 Å². The van der Waals surface area contributed by atoms with Gasteiger partial charge in [-0.1, -0.05) is 121 Å². The quantitative estimate of drug-likeness (QED) is 0.195. The van der Waals surface area contributed by atoms with Crippen molar-refractivity contribution in [2.45, 2.75) is 0 Å². The summed E-state index contributed by atoms with van der Waals surface area (Å²) >= 11 is 0. The van der Waals surface area contributed by atoms with Gasteiger partial charge in [0.2, 0.25) is 0 Å². The first kappa shape index (κ1) is 18.5. The van der Waals surface area contributed by atoms with Gasteiger partial charge in [-0.05, 0) is 47.1 Å². The van der Waals surface area contributed by atoms with Crippen LogP contribution >= 0.6 is 0 Å². The van der Waals surface area contributed by atoms with Crippen molar-refractivity contribution in [1.82, 2.24) is 19.5 Å². The second-order valence-electron chi connectivity index (χ2n) is 11.3. The van der Waals surface area contributed by atoms with Crippen molar-refractivity contribution >= 4 is 54.5 Å². The molecule has 0 amide bonds. The predicted molar refractivity (Wildman–Crippen MR) is 195 cm³/mol. The van der Waals surface area contributed by atoms with Gasteiger partial charge >= 0.3 is 0 Å². The third-order valence-corrected chi connectivity index (χ3v) is 8.47. The number of rotatable bonds is 4. The summed E-state index contributed by atoms with van der Waals surface area (Å²) in [6, 6.07) is 24.9. The van der Waals surface area contributed by atoms with Gasteiger partial charge in [0.1, 0.15) is 5.58 Å². The highest BCUT2D eigenvalue weighted by molar-refractivity contribution is 6.17. The summed E-state index contributed by atoms with van der Waals surface area (Å²) in [6.07, 6.45) is 0. The Kier molecular flexibility index (Phi) is 4.04. The minimum absolute atomic E-state index is 0.0445. The summed E-state index contributed by atoms with van der Waals surface area (Å²) in [5, 5.41) is 0.681. The van der Waals surface area contributed by atoms with Crippen molar-refractivity contribution in [3.05, 3.63) is 157 Å². The van der Waals surface area contributed by atoms with Gasteiger partial charge in [0.05, 0.1) is 30.4 Å². The van der Waals surface area contributed by atoms with Crippen LogP contribution in [-0.4, -0.2) is 19.5 Å². The Morgan fingerprint density at radius 3 is 1.90 bits per heavy atom. The van der Waals surface area contributed by atoms with Crippen molar-refractivity contribution in [1.29, 1.82) is 0 Å². The first-order chi connectivity index (χ1) is 28.0. The summed E-state index contributed by atoms with van der Waals surface area (Å²) in [5.41, 5.74) is 3.01. The maximum Gasteiger partial charge on any atom is 0.164 e. The van der Waals surface area contributed by atoms with Crippen LogP contribution in [0.2, 0.25) is 0 Å². The Labute approximate surface area is 289 Å². The van der Waals surface area contributed by atoms with Crippen LogP contribution in [0.3, 0.4) is 0 Å². The van der Waals surface area contributed by atoms with Gasteiger partial charge in [0.25, 0.3) is 0 Å². The van der Waals surface area contributed by atoms with E-state index < -0.39 is 54.4 Å². The van der Waals surface area contributed by atoms with E-state index in [1.54, 1.807) is 18.2 Å². The molecule has 0 unspecified atom stereocenters. The largest absolute Gasteiger partial charge is 0.454 e. The number of benzene rings is 7. The average Bonchev–Trinajstić information content (AvgIpc) is 3.83. The molecule has 5 heteroatoms. The van der Waals surface area contributed by atoms with Crippen LogP contribution in [0.5, 0.6) is 0 Å². The standard InChI is InChI=1S/C43H26N4O/c1-3-13-27(14-4-1)41-44-42(28-15-5-2-6-16-28)46-43(45-41)33-23-24-36(40-39(33)32-20-10-12-22-38(32)48-40)47-35-21-11-9-19-31(35)34-25-29-17-7-8-18-30(29)26-37(34)47/h1-26H/i7D,8D,9D,11D,17D,18D,19D,21D,25D,26D. The van der Waals surface area contributed by atoms with E-state index in [1.165, 1.54) is 4.57 Å². The van der Waals surface area contributed by atoms with Crippen molar-refractivity contribution in [3.63, 3.8) is 0 Å². The smallest absolute Gasteiger partial charge is 0.164 e. The molecule has 0 saturated carbocycles.